The number of thiazole rings is 1. The fraction of sp³-hybridized carbons (Fsp3) is 0.267. The number of aryl methyl sites for hydroxylation is 1. The number of hydrogen-bond donors (Lipinski definition) is 2. The van der Waals surface area contributed by atoms with Gasteiger partial charge in [0.1, 0.15) is 0 Å². The van der Waals surface area contributed by atoms with E-state index in [1.165, 1.54) is 11.3 Å². The summed E-state index contributed by atoms with van der Waals surface area (Å²) in [6, 6.07) is 6.92. The van der Waals surface area contributed by atoms with Crippen molar-refractivity contribution in [1.82, 2.24) is 4.98 Å². The minimum absolute atomic E-state index is 0.108. The van der Waals surface area contributed by atoms with Crippen LogP contribution in [-0.4, -0.2) is 22.0 Å². The molecular formula is C15H16N2O3S. The van der Waals surface area contributed by atoms with Crippen LogP contribution in [0.5, 0.6) is 0 Å². The molecular weight excluding hydrogens is 288 g/mol. The smallest absolute Gasteiger partial charge is 0.310 e. The molecule has 1 aromatic heterocycles. The average Bonchev–Trinajstić information content (AvgIpc) is 2.98. The molecule has 21 heavy (non-hydrogen) atoms. The molecule has 0 saturated heterocycles. The second-order valence-corrected chi connectivity index (χ2v) is 5.43. The molecule has 110 valence electrons. The van der Waals surface area contributed by atoms with Gasteiger partial charge in [0.15, 0.2) is 0 Å². The molecule has 1 heterocycles. The van der Waals surface area contributed by atoms with E-state index in [2.05, 4.69) is 10.3 Å². The van der Waals surface area contributed by atoms with E-state index in [1.54, 1.807) is 36.7 Å². The third-order valence-electron chi connectivity index (χ3n) is 3.13. The molecule has 1 unspecified atom stereocenters. The van der Waals surface area contributed by atoms with Crippen molar-refractivity contribution in [2.24, 2.45) is 0 Å². The molecule has 0 fully saturated rings. The SMILES string of the molecule is CC(C(=O)O)c1cccc(NC(=O)CCc2cscn2)c1. The molecule has 1 aromatic carbocycles. The third-order valence-corrected chi connectivity index (χ3v) is 3.77. The van der Waals surface area contributed by atoms with Crippen LogP contribution in [0, 0.1) is 0 Å². The van der Waals surface area contributed by atoms with Gasteiger partial charge >= 0.3 is 5.97 Å². The zero-order valence-electron chi connectivity index (χ0n) is 11.6. The lowest BCUT2D eigenvalue weighted by atomic mass is 10.0. The van der Waals surface area contributed by atoms with Gasteiger partial charge < -0.3 is 10.4 Å². The molecule has 0 saturated carbocycles. The van der Waals surface area contributed by atoms with E-state index in [0.29, 0.717) is 24.1 Å². The second-order valence-electron chi connectivity index (χ2n) is 4.71. The number of hydrogen-bond acceptors (Lipinski definition) is 4. The number of carbonyl (C=O) groups excluding carboxylic acids is 1. The highest BCUT2D eigenvalue weighted by Crippen LogP contribution is 2.19. The molecule has 0 bridgehead atoms. The summed E-state index contributed by atoms with van der Waals surface area (Å²) in [4.78, 5) is 27.0. The summed E-state index contributed by atoms with van der Waals surface area (Å²) in [7, 11) is 0. The zero-order valence-corrected chi connectivity index (χ0v) is 12.4. The highest BCUT2D eigenvalue weighted by molar-refractivity contribution is 7.07. The average molecular weight is 304 g/mol. The molecule has 0 aliphatic heterocycles. The largest absolute Gasteiger partial charge is 0.481 e. The van der Waals surface area contributed by atoms with Gasteiger partial charge in [-0.05, 0) is 31.0 Å². The van der Waals surface area contributed by atoms with Crippen LogP contribution in [0.1, 0.15) is 30.5 Å². The Hall–Kier alpha value is -2.21. The maximum atomic E-state index is 11.9. The Balaban J connectivity index is 1.94. The number of aromatic nitrogens is 1. The van der Waals surface area contributed by atoms with Gasteiger partial charge in [-0.25, -0.2) is 4.98 Å². The number of carbonyl (C=O) groups is 2. The fourth-order valence-corrected chi connectivity index (χ4v) is 2.45. The standard InChI is InChI=1S/C15H16N2O3S/c1-10(15(19)20)11-3-2-4-12(7-11)17-14(18)6-5-13-8-21-9-16-13/h2-4,7-10H,5-6H2,1H3,(H,17,18)(H,19,20). The minimum atomic E-state index is -0.887. The Morgan fingerprint density at radius 2 is 2.24 bits per heavy atom. The Morgan fingerprint density at radius 1 is 1.43 bits per heavy atom. The number of anilines is 1. The predicted molar refractivity (Wildman–Crippen MR) is 81.6 cm³/mol. The van der Waals surface area contributed by atoms with E-state index >= 15 is 0 Å². The number of benzene rings is 1. The molecule has 0 radical (unpaired) electrons. The monoisotopic (exact) mass is 304 g/mol. The lowest BCUT2D eigenvalue weighted by molar-refractivity contribution is -0.138. The van der Waals surface area contributed by atoms with Gasteiger partial charge in [0.25, 0.3) is 0 Å². The van der Waals surface area contributed by atoms with Gasteiger partial charge in [-0.2, -0.15) is 0 Å². The van der Waals surface area contributed by atoms with Crippen LogP contribution in [0.15, 0.2) is 35.2 Å². The molecule has 1 amide bonds. The topological polar surface area (TPSA) is 79.3 Å². The van der Waals surface area contributed by atoms with Gasteiger partial charge in [0.2, 0.25) is 5.91 Å². The van der Waals surface area contributed by atoms with E-state index in [0.717, 1.165) is 5.69 Å². The van der Waals surface area contributed by atoms with Crippen molar-refractivity contribution in [3.05, 3.63) is 46.4 Å². The quantitative estimate of drug-likeness (QED) is 0.860. The molecule has 6 heteroatoms. The van der Waals surface area contributed by atoms with Gasteiger partial charge in [-0.1, -0.05) is 12.1 Å². The lowest BCUT2D eigenvalue weighted by Crippen LogP contribution is -2.13. The fourth-order valence-electron chi connectivity index (χ4n) is 1.85. The van der Waals surface area contributed by atoms with Crippen LogP contribution in [-0.2, 0) is 16.0 Å². The molecule has 2 rings (SSSR count). The number of carboxylic acid groups (broad SMARTS) is 1. The number of amides is 1. The van der Waals surface area contributed by atoms with Crippen LogP contribution < -0.4 is 5.32 Å². The first kappa shape index (κ1) is 15.2. The van der Waals surface area contributed by atoms with Gasteiger partial charge in [0.05, 0.1) is 17.1 Å². The normalized spacial score (nSPS) is 11.9. The van der Waals surface area contributed by atoms with Crippen LogP contribution in [0.4, 0.5) is 5.69 Å². The molecule has 5 nitrogen and oxygen atoms in total. The zero-order chi connectivity index (χ0) is 15.2. The van der Waals surface area contributed by atoms with Gasteiger partial charge in [0, 0.05) is 17.5 Å². The lowest BCUT2D eigenvalue weighted by Gasteiger charge is -2.10. The maximum Gasteiger partial charge on any atom is 0.310 e. The summed E-state index contributed by atoms with van der Waals surface area (Å²) in [5.74, 6) is -1.60. The van der Waals surface area contributed by atoms with E-state index in [1.807, 2.05) is 5.38 Å². The minimum Gasteiger partial charge on any atom is -0.481 e. The van der Waals surface area contributed by atoms with Crippen molar-refractivity contribution in [2.45, 2.75) is 25.7 Å². The van der Waals surface area contributed by atoms with Gasteiger partial charge in [-0.15, -0.1) is 11.3 Å². The summed E-state index contributed by atoms with van der Waals surface area (Å²) < 4.78 is 0. The number of rotatable bonds is 6. The van der Waals surface area contributed by atoms with Crippen molar-refractivity contribution in [3.8, 4) is 0 Å². The first-order chi connectivity index (χ1) is 10.1. The number of nitrogens with one attached hydrogen (secondary N) is 1. The number of aliphatic carboxylic acids is 1. The molecule has 0 aliphatic carbocycles. The van der Waals surface area contributed by atoms with Crippen LogP contribution in [0.25, 0.3) is 0 Å². The van der Waals surface area contributed by atoms with Crippen LogP contribution in [0.3, 0.4) is 0 Å². The molecule has 2 N–H and O–H groups in total. The van der Waals surface area contributed by atoms with E-state index in [-0.39, 0.29) is 5.91 Å². The third kappa shape index (κ3) is 4.39. The predicted octanol–water partition coefficient (Wildman–Crippen LogP) is 2.90. The van der Waals surface area contributed by atoms with Crippen LogP contribution in [0.2, 0.25) is 0 Å². The summed E-state index contributed by atoms with van der Waals surface area (Å²) in [6.07, 6.45) is 0.947. The molecule has 0 aliphatic rings. The highest BCUT2D eigenvalue weighted by Gasteiger charge is 2.14. The molecule has 1 atom stereocenters. The van der Waals surface area contributed by atoms with Crippen molar-refractivity contribution in [3.63, 3.8) is 0 Å². The summed E-state index contributed by atoms with van der Waals surface area (Å²) in [6.45, 7) is 1.62. The Kier molecular flexibility index (Phi) is 5.05. The Bertz CT molecular complexity index is 626. The first-order valence-corrected chi connectivity index (χ1v) is 7.50. The highest BCUT2D eigenvalue weighted by atomic mass is 32.1. The van der Waals surface area contributed by atoms with E-state index in [4.69, 9.17) is 5.11 Å². The molecule has 2 aromatic rings. The number of carboxylic acids is 1. The van der Waals surface area contributed by atoms with E-state index in [9.17, 15) is 9.59 Å². The van der Waals surface area contributed by atoms with Crippen LogP contribution >= 0.6 is 11.3 Å². The second kappa shape index (κ2) is 6.99. The summed E-state index contributed by atoms with van der Waals surface area (Å²) in [5, 5.41) is 13.7. The Morgan fingerprint density at radius 3 is 2.90 bits per heavy atom. The van der Waals surface area contributed by atoms with Crippen molar-refractivity contribution in [2.75, 3.05) is 5.32 Å². The first-order valence-electron chi connectivity index (χ1n) is 6.56. The maximum absolute atomic E-state index is 11.9. The van der Waals surface area contributed by atoms with Gasteiger partial charge in [-0.3, -0.25) is 9.59 Å². The Labute approximate surface area is 126 Å². The summed E-state index contributed by atoms with van der Waals surface area (Å²) >= 11 is 1.50. The summed E-state index contributed by atoms with van der Waals surface area (Å²) in [5.41, 5.74) is 3.93. The van der Waals surface area contributed by atoms with Crippen molar-refractivity contribution >= 4 is 28.9 Å². The van der Waals surface area contributed by atoms with Crippen molar-refractivity contribution in [1.29, 1.82) is 0 Å². The van der Waals surface area contributed by atoms with E-state index < -0.39 is 11.9 Å². The number of nitrogens with zero attached hydrogens (tertiary/aromatic N) is 1. The van der Waals surface area contributed by atoms with Crippen molar-refractivity contribution < 1.29 is 14.7 Å². The molecule has 0 spiro atoms.